The number of rotatable bonds is 6. The predicted molar refractivity (Wildman–Crippen MR) is 117 cm³/mol. The molecular formula is C22H29N3O3S. The van der Waals surface area contributed by atoms with Gasteiger partial charge in [0, 0.05) is 24.5 Å². The highest BCUT2D eigenvalue weighted by molar-refractivity contribution is 7.89. The molecule has 1 saturated heterocycles. The molecule has 2 aromatic rings. The van der Waals surface area contributed by atoms with Crippen molar-refractivity contribution in [2.45, 2.75) is 51.0 Å². The monoisotopic (exact) mass is 415 g/mol. The van der Waals surface area contributed by atoms with Crippen LogP contribution in [0.1, 0.15) is 37.3 Å². The summed E-state index contributed by atoms with van der Waals surface area (Å²) in [6, 6.07) is 12.0. The summed E-state index contributed by atoms with van der Waals surface area (Å²) in [5.41, 5.74) is 3.61. The van der Waals surface area contributed by atoms with Gasteiger partial charge < -0.3 is 10.6 Å². The van der Waals surface area contributed by atoms with Crippen molar-refractivity contribution in [3.8, 4) is 0 Å². The molecule has 2 N–H and O–H groups in total. The van der Waals surface area contributed by atoms with E-state index in [2.05, 4.69) is 16.7 Å². The number of sulfonamides is 1. The van der Waals surface area contributed by atoms with Gasteiger partial charge in [-0.25, -0.2) is 8.42 Å². The maximum absolute atomic E-state index is 12.9. The van der Waals surface area contributed by atoms with Gasteiger partial charge in [0.2, 0.25) is 15.9 Å². The number of hydrogen-bond donors (Lipinski definition) is 2. The van der Waals surface area contributed by atoms with Crippen molar-refractivity contribution in [3.05, 3.63) is 53.6 Å². The first kappa shape index (κ1) is 21.3. The molecule has 0 aliphatic carbocycles. The molecule has 156 valence electrons. The number of nitrogens with zero attached hydrogens (tertiary/aromatic N) is 1. The molecule has 1 aliphatic rings. The first-order valence-corrected chi connectivity index (χ1v) is 11.5. The molecule has 0 spiro atoms. The van der Waals surface area contributed by atoms with Crippen LogP contribution in [-0.4, -0.2) is 37.8 Å². The summed E-state index contributed by atoms with van der Waals surface area (Å²) < 4.78 is 27.3. The van der Waals surface area contributed by atoms with Crippen LogP contribution in [0.4, 0.5) is 11.4 Å². The molecule has 1 heterocycles. The van der Waals surface area contributed by atoms with Crippen LogP contribution in [0.25, 0.3) is 0 Å². The first-order valence-electron chi connectivity index (χ1n) is 10.0. The van der Waals surface area contributed by atoms with Crippen LogP contribution >= 0.6 is 0 Å². The van der Waals surface area contributed by atoms with Crippen molar-refractivity contribution >= 4 is 27.3 Å². The fourth-order valence-corrected chi connectivity index (χ4v) is 5.08. The van der Waals surface area contributed by atoms with Gasteiger partial charge in [0.25, 0.3) is 0 Å². The fraction of sp³-hybridized carbons (Fsp3) is 0.409. The summed E-state index contributed by atoms with van der Waals surface area (Å²) in [5.74, 6) is -0.225. The Morgan fingerprint density at radius 3 is 2.45 bits per heavy atom. The van der Waals surface area contributed by atoms with Crippen molar-refractivity contribution in [2.24, 2.45) is 0 Å². The predicted octanol–water partition coefficient (Wildman–Crippen LogP) is 3.92. The number of nitrogens with one attached hydrogen (secondary N) is 2. The number of piperidine rings is 1. The molecule has 3 rings (SSSR count). The third kappa shape index (κ3) is 5.16. The molecule has 0 radical (unpaired) electrons. The van der Waals surface area contributed by atoms with E-state index in [0.717, 1.165) is 36.1 Å². The van der Waals surface area contributed by atoms with Gasteiger partial charge in [0.15, 0.2) is 0 Å². The van der Waals surface area contributed by atoms with Crippen molar-refractivity contribution in [3.63, 3.8) is 0 Å². The summed E-state index contributed by atoms with van der Waals surface area (Å²) >= 11 is 0. The third-order valence-corrected chi connectivity index (χ3v) is 7.10. The first-order chi connectivity index (χ1) is 13.8. The fourth-order valence-electron chi connectivity index (χ4n) is 3.51. The zero-order chi connectivity index (χ0) is 21.0. The summed E-state index contributed by atoms with van der Waals surface area (Å²) in [7, 11) is -3.53. The van der Waals surface area contributed by atoms with Crippen LogP contribution in [0.15, 0.2) is 47.4 Å². The number of hydrogen-bond acceptors (Lipinski definition) is 4. The second kappa shape index (κ2) is 8.97. The molecule has 1 aliphatic heterocycles. The van der Waals surface area contributed by atoms with Crippen LogP contribution in [0.2, 0.25) is 0 Å². The second-order valence-corrected chi connectivity index (χ2v) is 9.60. The Labute approximate surface area is 173 Å². The molecule has 6 nitrogen and oxygen atoms in total. The zero-order valence-electron chi connectivity index (χ0n) is 17.2. The van der Waals surface area contributed by atoms with Gasteiger partial charge in [-0.15, -0.1) is 0 Å². The minimum Gasteiger partial charge on any atom is -0.374 e. The van der Waals surface area contributed by atoms with Gasteiger partial charge in [0.05, 0.1) is 4.90 Å². The quantitative estimate of drug-likeness (QED) is 0.750. The highest BCUT2D eigenvalue weighted by Gasteiger charge is 2.26. The normalized spacial score (nSPS) is 16.2. The van der Waals surface area contributed by atoms with Gasteiger partial charge in [-0.2, -0.15) is 4.31 Å². The molecule has 7 heteroatoms. The number of carbonyl (C=O) groups excluding carboxylic acids is 1. The lowest BCUT2D eigenvalue weighted by atomic mass is 10.1. The Morgan fingerprint density at radius 1 is 1.03 bits per heavy atom. The standard InChI is InChI=1S/C22H29N3O3S/c1-16-10-11-21(17(2)14-16)23-18(3)22(26)24-19-8-7-9-20(15-19)29(27,28)25-12-5-4-6-13-25/h7-11,14-15,18,23H,4-6,12-13H2,1-3H3,(H,24,26)/t18-/m1/s1. The van der Waals surface area contributed by atoms with Crippen LogP contribution in [0.5, 0.6) is 0 Å². The van der Waals surface area contributed by atoms with E-state index in [4.69, 9.17) is 0 Å². The Morgan fingerprint density at radius 2 is 1.76 bits per heavy atom. The van der Waals surface area contributed by atoms with E-state index in [1.165, 1.54) is 10.4 Å². The van der Waals surface area contributed by atoms with Crippen LogP contribution in [0.3, 0.4) is 0 Å². The smallest absolute Gasteiger partial charge is 0.246 e. The SMILES string of the molecule is Cc1ccc(N[C@H](C)C(=O)Nc2cccc(S(=O)(=O)N3CCCCC3)c2)c(C)c1. The average Bonchev–Trinajstić information content (AvgIpc) is 2.71. The van der Waals surface area contributed by atoms with E-state index in [0.29, 0.717) is 18.8 Å². The topological polar surface area (TPSA) is 78.5 Å². The van der Waals surface area contributed by atoms with Gasteiger partial charge in [-0.3, -0.25) is 4.79 Å². The van der Waals surface area contributed by atoms with Crippen molar-refractivity contribution < 1.29 is 13.2 Å². The number of carbonyl (C=O) groups is 1. The number of amides is 1. The van der Waals surface area contributed by atoms with Crippen LogP contribution in [0, 0.1) is 13.8 Å². The lowest BCUT2D eigenvalue weighted by Crippen LogP contribution is -2.35. The highest BCUT2D eigenvalue weighted by atomic mass is 32.2. The minimum absolute atomic E-state index is 0.215. The zero-order valence-corrected chi connectivity index (χ0v) is 18.1. The van der Waals surface area contributed by atoms with Gasteiger partial charge >= 0.3 is 0 Å². The molecule has 2 aromatic carbocycles. The van der Waals surface area contributed by atoms with E-state index in [1.807, 2.05) is 26.0 Å². The summed E-state index contributed by atoms with van der Waals surface area (Å²) in [6.45, 7) is 6.90. The van der Waals surface area contributed by atoms with Crippen LogP contribution in [-0.2, 0) is 14.8 Å². The lowest BCUT2D eigenvalue weighted by Gasteiger charge is -2.26. The summed E-state index contributed by atoms with van der Waals surface area (Å²) in [5, 5.41) is 6.04. The molecule has 1 fully saturated rings. The van der Waals surface area contributed by atoms with E-state index in [9.17, 15) is 13.2 Å². The van der Waals surface area contributed by atoms with Gasteiger partial charge in [-0.1, -0.05) is 30.2 Å². The average molecular weight is 416 g/mol. The van der Waals surface area contributed by atoms with Crippen molar-refractivity contribution in [2.75, 3.05) is 23.7 Å². The highest BCUT2D eigenvalue weighted by Crippen LogP contribution is 2.23. The van der Waals surface area contributed by atoms with E-state index in [-0.39, 0.29) is 10.8 Å². The van der Waals surface area contributed by atoms with Gasteiger partial charge in [0.1, 0.15) is 6.04 Å². The largest absolute Gasteiger partial charge is 0.374 e. The summed E-state index contributed by atoms with van der Waals surface area (Å²) in [6.07, 6.45) is 2.84. The Kier molecular flexibility index (Phi) is 6.59. The van der Waals surface area contributed by atoms with E-state index >= 15 is 0 Å². The number of anilines is 2. The summed E-state index contributed by atoms with van der Waals surface area (Å²) in [4.78, 5) is 12.8. The molecule has 0 bridgehead atoms. The Balaban J connectivity index is 1.69. The number of benzene rings is 2. The Bertz CT molecular complexity index is 983. The van der Waals surface area contributed by atoms with Crippen molar-refractivity contribution in [1.29, 1.82) is 0 Å². The molecule has 1 amide bonds. The second-order valence-electron chi connectivity index (χ2n) is 7.67. The van der Waals surface area contributed by atoms with E-state index in [1.54, 1.807) is 25.1 Å². The molecule has 1 atom stereocenters. The van der Waals surface area contributed by atoms with E-state index < -0.39 is 16.1 Å². The minimum atomic E-state index is -3.53. The maximum Gasteiger partial charge on any atom is 0.246 e. The molecule has 0 aromatic heterocycles. The van der Waals surface area contributed by atoms with Gasteiger partial charge in [-0.05, 0) is 63.4 Å². The Hall–Kier alpha value is -2.38. The lowest BCUT2D eigenvalue weighted by molar-refractivity contribution is -0.116. The molecule has 29 heavy (non-hydrogen) atoms. The molecule has 0 unspecified atom stereocenters. The molecule has 0 saturated carbocycles. The third-order valence-electron chi connectivity index (χ3n) is 5.20. The number of aryl methyl sites for hydroxylation is 2. The molecular weight excluding hydrogens is 386 g/mol. The van der Waals surface area contributed by atoms with Crippen molar-refractivity contribution in [1.82, 2.24) is 4.31 Å². The maximum atomic E-state index is 12.9. The van der Waals surface area contributed by atoms with Crippen LogP contribution < -0.4 is 10.6 Å².